The van der Waals surface area contributed by atoms with Crippen molar-refractivity contribution in [2.24, 2.45) is 0 Å². The number of piperazine rings is 1. The van der Waals surface area contributed by atoms with E-state index in [1.807, 2.05) is 13.8 Å². The van der Waals surface area contributed by atoms with Gasteiger partial charge in [-0.3, -0.25) is 10.1 Å². The summed E-state index contributed by atoms with van der Waals surface area (Å²) in [6, 6.07) is 3.46. The first-order valence-electron chi connectivity index (χ1n) is 6.86. The summed E-state index contributed by atoms with van der Waals surface area (Å²) in [6.07, 6.45) is 0. The molecule has 1 fully saturated rings. The van der Waals surface area contributed by atoms with Gasteiger partial charge in [-0.1, -0.05) is 0 Å². The van der Waals surface area contributed by atoms with Crippen LogP contribution in [0.15, 0.2) is 23.1 Å². The summed E-state index contributed by atoms with van der Waals surface area (Å²) in [7, 11) is -2.49. The molecule has 2 atom stereocenters. The van der Waals surface area contributed by atoms with Crippen molar-refractivity contribution < 1.29 is 18.1 Å². The fourth-order valence-corrected chi connectivity index (χ4v) is 4.20. The van der Waals surface area contributed by atoms with Crippen molar-refractivity contribution in [2.75, 3.05) is 20.2 Å². The third-order valence-corrected chi connectivity index (χ3v) is 5.91. The molecule has 22 heavy (non-hydrogen) atoms. The van der Waals surface area contributed by atoms with Crippen LogP contribution in [-0.2, 0) is 10.0 Å². The first kappa shape index (κ1) is 16.7. The van der Waals surface area contributed by atoms with Crippen LogP contribution < -0.4 is 10.1 Å². The molecule has 0 amide bonds. The molecule has 1 heterocycles. The lowest BCUT2D eigenvalue weighted by Crippen LogP contribution is -2.57. The van der Waals surface area contributed by atoms with Crippen LogP contribution in [0.25, 0.3) is 0 Å². The van der Waals surface area contributed by atoms with Gasteiger partial charge in [0.15, 0.2) is 5.75 Å². The molecule has 1 aliphatic heterocycles. The maximum atomic E-state index is 12.8. The van der Waals surface area contributed by atoms with Crippen LogP contribution in [0.1, 0.15) is 13.8 Å². The summed E-state index contributed by atoms with van der Waals surface area (Å²) >= 11 is 0. The minimum absolute atomic E-state index is 0.0109. The highest BCUT2D eigenvalue weighted by Gasteiger charge is 2.35. The second-order valence-electron chi connectivity index (χ2n) is 5.19. The molecular weight excluding hydrogens is 310 g/mol. The molecule has 2 rings (SSSR count). The van der Waals surface area contributed by atoms with E-state index in [0.29, 0.717) is 13.1 Å². The SMILES string of the molecule is COc1ccc(S(=O)(=O)N2CCNC(C)C2C)cc1[N+](=O)[O-]. The van der Waals surface area contributed by atoms with E-state index in [1.165, 1.54) is 23.5 Å². The van der Waals surface area contributed by atoms with E-state index >= 15 is 0 Å². The highest BCUT2D eigenvalue weighted by molar-refractivity contribution is 7.89. The largest absolute Gasteiger partial charge is 0.490 e. The summed E-state index contributed by atoms with van der Waals surface area (Å²) in [5, 5.41) is 14.3. The Hall–Kier alpha value is -1.71. The number of ether oxygens (including phenoxy) is 1. The van der Waals surface area contributed by atoms with Gasteiger partial charge in [0, 0.05) is 31.2 Å². The first-order valence-corrected chi connectivity index (χ1v) is 8.30. The second-order valence-corrected chi connectivity index (χ2v) is 7.08. The van der Waals surface area contributed by atoms with Gasteiger partial charge in [-0.15, -0.1) is 0 Å². The van der Waals surface area contributed by atoms with E-state index in [-0.39, 0.29) is 28.4 Å². The first-order chi connectivity index (χ1) is 10.3. The van der Waals surface area contributed by atoms with Gasteiger partial charge >= 0.3 is 5.69 Å². The van der Waals surface area contributed by atoms with Crippen molar-refractivity contribution in [3.8, 4) is 5.75 Å². The molecule has 1 aromatic rings. The van der Waals surface area contributed by atoms with Crippen molar-refractivity contribution >= 4 is 15.7 Å². The van der Waals surface area contributed by atoms with Crippen LogP contribution in [-0.4, -0.2) is 49.9 Å². The molecular formula is C13H19N3O5S. The van der Waals surface area contributed by atoms with E-state index in [4.69, 9.17) is 4.74 Å². The lowest BCUT2D eigenvalue weighted by atomic mass is 10.1. The third-order valence-electron chi connectivity index (χ3n) is 3.93. The molecule has 8 nitrogen and oxygen atoms in total. The zero-order valence-corrected chi connectivity index (χ0v) is 13.5. The quantitative estimate of drug-likeness (QED) is 0.652. The fraction of sp³-hybridized carbons (Fsp3) is 0.538. The zero-order valence-electron chi connectivity index (χ0n) is 12.6. The number of sulfonamides is 1. The smallest absolute Gasteiger partial charge is 0.312 e. The topological polar surface area (TPSA) is 102 Å². The highest BCUT2D eigenvalue weighted by atomic mass is 32.2. The predicted octanol–water partition coefficient (Wildman–Crippen LogP) is 0.974. The number of nitrogens with one attached hydrogen (secondary N) is 1. The number of nitrogens with zero attached hydrogens (tertiary/aromatic N) is 2. The van der Waals surface area contributed by atoms with Gasteiger partial charge in [-0.2, -0.15) is 4.31 Å². The Morgan fingerprint density at radius 1 is 1.41 bits per heavy atom. The third kappa shape index (κ3) is 2.92. The van der Waals surface area contributed by atoms with Crippen LogP contribution in [0, 0.1) is 10.1 Å². The molecule has 122 valence electrons. The Bertz CT molecular complexity index is 676. The maximum absolute atomic E-state index is 12.8. The maximum Gasteiger partial charge on any atom is 0.312 e. The molecule has 1 saturated heterocycles. The average Bonchev–Trinajstić information content (AvgIpc) is 2.49. The van der Waals surface area contributed by atoms with Crippen LogP contribution in [0.2, 0.25) is 0 Å². The molecule has 1 aliphatic rings. The summed E-state index contributed by atoms with van der Waals surface area (Å²) < 4.78 is 31.8. The summed E-state index contributed by atoms with van der Waals surface area (Å²) in [5.74, 6) is 0.0330. The molecule has 0 radical (unpaired) electrons. The fourth-order valence-electron chi connectivity index (χ4n) is 2.47. The van der Waals surface area contributed by atoms with E-state index < -0.39 is 14.9 Å². The molecule has 0 spiro atoms. The minimum atomic E-state index is -3.79. The van der Waals surface area contributed by atoms with Crippen molar-refractivity contribution in [1.29, 1.82) is 0 Å². The van der Waals surface area contributed by atoms with Crippen molar-refractivity contribution in [2.45, 2.75) is 30.8 Å². The standard InChI is InChI=1S/C13H19N3O5S/c1-9-10(2)15(7-6-14-9)22(19,20)11-4-5-13(21-3)12(8-11)16(17)18/h4-5,8-10,14H,6-7H2,1-3H3. The van der Waals surface area contributed by atoms with Gasteiger partial charge in [0.05, 0.1) is 16.9 Å². The number of hydrogen-bond acceptors (Lipinski definition) is 6. The van der Waals surface area contributed by atoms with Gasteiger partial charge in [0.2, 0.25) is 10.0 Å². The average molecular weight is 329 g/mol. The van der Waals surface area contributed by atoms with Gasteiger partial charge in [-0.25, -0.2) is 8.42 Å². The summed E-state index contributed by atoms with van der Waals surface area (Å²) in [6.45, 7) is 4.59. The molecule has 9 heteroatoms. The number of rotatable bonds is 4. The van der Waals surface area contributed by atoms with Crippen molar-refractivity contribution in [1.82, 2.24) is 9.62 Å². The van der Waals surface area contributed by atoms with E-state index in [9.17, 15) is 18.5 Å². The number of benzene rings is 1. The molecule has 2 unspecified atom stereocenters. The van der Waals surface area contributed by atoms with Gasteiger partial charge < -0.3 is 10.1 Å². The van der Waals surface area contributed by atoms with Gasteiger partial charge in [0.1, 0.15) is 0 Å². The Morgan fingerprint density at radius 3 is 2.68 bits per heavy atom. The second kappa shape index (κ2) is 6.19. The Balaban J connectivity index is 2.45. The van der Waals surface area contributed by atoms with Crippen molar-refractivity contribution in [3.05, 3.63) is 28.3 Å². The molecule has 0 saturated carbocycles. The number of nitro groups is 1. The van der Waals surface area contributed by atoms with Crippen LogP contribution >= 0.6 is 0 Å². The zero-order chi connectivity index (χ0) is 16.5. The number of nitro benzene ring substituents is 1. The summed E-state index contributed by atoms with van der Waals surface area (Å²) in [4.78, 5) is 10.3. The van der Waals surface area contributed by atoms with E-state index in [0.717, 1.165) is 6.07 Å². The molecule has 1 aromatic carbocycles. The normalized spacial score (nSPS) is 23.2. The Kier molecular flexibility index (Phi) is 4.69. The molecule has 1 N–H and O–H groups in total. The van der Waals surface area contributed by atoms with E-state index in [1.54, 1.807) is 0 Å². The summed E-state index contributed by atoms with van der Waals surface area (Å²) in [5.41, 5.74) is -0.362. The van der Waals surface area contributed by atoms with Crippen molar-refractivity contribution in [3.63, 3.8) is 0 Å². The predicted molar refractivity (Wildman–Crippen MR) is 80.5 cm³/mol. The lowest BCUT2D eigenvalue weighted by molar-refractivity contribution is -0.386. The van der Waals surface area contributed by atoms with E-state index in [2.05, 4.69) is 5.32 Å². The van der Waals surface area contributed by atoms with Crippen LogP contribution in [0.5, 0.6) is 5.75 Å². The van der Waals surface area contributed by atoms with Crippen LogP contribution in [0.3, 0.4) is 0 Å². The monoisotopic (exact) mass is 329 g/mol. The number of methoxy groups -OCH3 is 1. The minimum Gasteiger partial charge on any atom is -0.490 e. The molecule has 0 aliphatic carbocycles. The Morgan fingerprint density at radius 2 is 2.09 bits per heavy atom. The molecule has 0 aromatic heterocycles. The molecule has 0 bridgehead atoms. The lowest BCUT2D eigenvalue weighted by Gasteiger charge is -2.37. The van der Waals surface area contributed by atoms with Gasteiger partial charge in [-0.05, 0) is 26.0 Å². The number of hydrogen-bond donors (Lipinski definition) is 1. The van der Waals surface area contributed by atoms with Gasteiger partial charge in [0.25, 0.3) is 0 Å². The van der Waals surface area contributed by atoms with Crippen LogP contribution in [0.4, 0.5) is 5.69 Å². The highest BCUT2D eigenvalue weighted by Crippen LogP contribution is 2.31. The Labute approximate surface area is 129 Å².